The number of aryl methyl sites for hydroxylation is 3. The highest BCUT2D eigenvalue weighted by Gasteiger charge is 2.25. The highest BCUT2D eigenvalue weighted by Crippen LogP contribution is 2.29. The maximum atomic E-state index is 6.58. The van der Waals surface area contributed by atoms with Crippen molar-refractivity contribution in [3.8, 4) is 0 Å². The first-order chi connectivity index (χ1) is 8.41. The third kappa shape index (κ3) is 2.32. The molecule has 1 unspecified atom stereocenters. The minimum Gasteiger partial charge on any atom is -0.318 e. The number of rotatable bonds is 2. The molecule has 0 aliphatic heterocycles. The first kappa shape index (κ1) is 12.8. The van der Waals surface area contributed by atoms with Crippen molar-refractivity contribution in [3.05, 3.63) is 70.3 Å². The summed E-state index contributed by atoms with van der Waals surface area (Å²) >= 11 is 0. The molecule has 0 aliphatic carbocycles. The monoisotopic (exact) mass is 239 g/mol. The summed E-state index contributed by atoms with van der Waals surface area (Å²) in [6, 6.07) is 14.9. The smallest absolute Gasteiger partial charge is 0.0639 e. The van der Waals surface area contributed by atoms with Gasteiger partial charge in [-0.25, -0.2) is 0 Å². The Kier molecular flexibility index (Phi) is 3.27. The van der Waals surface area contributed by atoms with Gasteiger partial charge in [0.05, 0.1) is 5.54 Å². The van der Waals surface area contributed by atoms with E-state index in [9.17, 15) is 0 Å². The standard InChI is InChI=1S/C17H21N/c1-12-6-5-7-15(11-12)17(4,18)16-9-8-13(2)10-14(16)3/h5-11H,18H2,1-4H3. The second-order valence-electron chi connectivity index (χ2n) is 5.39. The van der Waals surface area contributed by atoms with Crippen molar-refractivity contribution in [1.29, 1.82) is 0 Å². The average molecular weight is 239 g/mol. The van der Waals surface area contributed by atoms with Crippen molar-refractivity contribution in [2.75, 3.05) is 0 Å². The van der Waals surface area contributed by atoms with Crippen LogP contribution in [0.5, 0.6) is 0 Å². The van der Waals surface area contributed by atoms with Gasteiger partial charge < -0.3 is 5.73 Å². The van der Waals surface area contributed by atoms with Crippen molar-refractivity contribution in [2.45, 2.75) is 33.2 Å². The van der Waals surface area contributed by atoms with Crippen LogP contribution < -0.4 is 5.73 Å². The Labute approximate surface area is 110 Å². The maximum Gasteiger partial charge on any atom is 0.0639 e. The fraction of sp³-hybridized carbons (Fsp3) is 0.294. The molecule has 0 bridgehead atoms. The lowest BCUT2D eigenvalue weighted by Crippen LogP contribution is -2.35. The van der Waals surface area contributed by atoms with E-state index in [2.05, 4.69) is 70.2 Å². The summed E-state index contributed by atoms with van der Waals surface area (Å²) in [7, 11) is 0. The van der Waals surface area contributed by atoms with E-state index in [1.54, 1.807) is 0 Å². The van der Waals surface area contributed by atoms with E-state index in [0.29, 0.717) is 0 Å². The Morgan fingerprint density at radius 1 is 0.889 bits per heavy atom. The summed E-state index contributed by atoms with van der Waals surface area (Å²) in [5.41, 5.74) is 12.3. The fourth-order valence-electron chi connectivity index (χ4n) is 2.52. The molecule has 0 saturated carbocycles. The molecule has 94 valence electrons. The molecule has 1 nitrogen and oxygen atoms in total. The summed E-state index contributed by atoms with van der Waals surface area (Å²) in [5.74, 6) is 0. The molecule has 1 atom stereocenters. The topological polar surface area (TPSA) is 26.0 Å². The third-order valence-corrected chi connectivity index (χ3v) is 3.56. The molecule has 0 amide bonds. The Balaban J connectivity index is 2.53. The number of hydrogen-bond acceptors (Lipinski definition) is 1. The van der Waals surface area contributed by atoms with Gasteiger partial charge in [-0.3, -0.25) is 0 Å². The van der Waals surface area contributed by atoms with Crippen LogP contribution in [0.3, 0.4) is 0 Å². The summed E-state index contributed by atoms with van der Waals surface area (Å²) in [6.07, 6.45) is 0. The minimum absolute atomic E-state index is 0.441. The Morgan fingerprint density at radius 3 is 2.17 bits per heavy atom. The maximum absolute atomic E-state index is 6.58. The number of benzene rings is 2. The zero-order valence-corrected chi connectivity index (χ0v) is 11.6. The fourth-order valence-corrected chi connectivity index (χ4v) is 2.52. The zero-order valence-electron chi connectivity index (χ0n) is 11.6. The normalized spacial score (nSPS) is 14.3. The predicted octanol–water partition coefficient (Wildman–Crippen LogP) is 3.83. The molecule has 0 aromatic heterocycles. The van der Waals surface area contributed by atoms with E-state index in [4.69, 9.17) is 5.73 Å². The predicted molar refractivity (Wildman–Crippen MR) is 77.7 cm³/mol. The second kappa shape index (κ2) is 4.58. The molecule has 0 fully saturated rings. The van der Waals surface area contributed by atoms with Crippen molar-refractivity contribution >= 4 is 0 Å². The van der Waals surface area contributed by atoms with Crippen molar-refractivity contribution in [2.24, 2.45) is 5.73 Å². The number of hydrogen-bond donors (Lipinski definition) is 1. The van der Waals surface area contributed by atoms with Crippen LogP contribution in [0, 0.1) is 20.8 Å². The molecule has 0 spiro atoms. The molecular formula is C17H21N. The van der Waals surface area contributed by atoms with E-state index in [1.165, 1.54) is 22.3 Å². The molecule has 18 heavy (non-hydrogen) atoms. The molecule has 2 rings (SSSR count). The molecule has 0 aliphatic rings. The third-order valence-electron chi connectivity index (χ3n) is 3.56. The van der Waals surface area contributed by atoms with Crippen LogP contribution in [0.4, 0.5) is 0 Å². The summed E-state index contributed by atoms with van der Waals surface area (Å²) in [4.78, 5) is 0. The zero-order chi connectivity index (χ0) is 13.3. The van der Waals surface area contributed by atoms with E-state index in [1.807, 2.05) is 0 Å². The Morgan fingerprint density at radius 2 is 1.56 bits per heavy atom. The van der Waals surface area contributed by atoms with Crippen LogP contribution in [0.25, 0.3) is 0 Å². The molecule has 0 saturated heterocycles. The van der Waals surface area contributed by atoms with Gasteiger partial charge >= 0.3 is 0 Å². The van der Waals surface area contributed by atoms with Gasteiger partial charge in [0.1, 0.15) is 0 Å². The Bertz CT molecular complexity index is 568. The summed E-state index contributed by atoms with van der Waals surface area (Å²) in [6.45, 7) is 8.42. The first-order valence-electron chi connectivity index (χ1n) is 6.35. The van der Waals surface area contributed by atoms with Gasteiger partial charge in [0.15, 0.2) is 0 Å². The average Bonchev–Trinajstić information content (AvgIpc) is 2.28. The van der Waals surface area contributed by atoms with Crippen LogP contribution in [0.15, 0.2) is 42.5 Å². The first-order valence-corrected chi connectivity index (χ1v) is 6.35. The molecule has 2 aromatic rings. The van der Waals surface area contributed by atoms with Crippen LogP contribution in [0.1, 0.15) is 34.7 Å². The summed E-state index contributed by atoms with van der Waals surface area (Å²) < 4.78 is 0. The number of nitrogens with two attached hydrogens (primary N) is 1. The highest BCUT2D eigenvalue weighted by molar-refractivity contribution is 5.43. The lowest BCUT2D eigenvalue weighted by atomic mass is 9.82. The summed E-state index contributed by atoms with van der Waals surface area (Å²) in [5, 5.41) is 0. The van der Waals surface area contributed by atoms with Crippen LogP contribution in [0.2, 0.25) is 0 Å². The van der Waals surface area contributed by atoms with Gasteiger partial charge in [0, 0.05) is 0 Å². The molecule has 1 heteroatoms. The highest BCUT2D eigenvalue weighted by atomic mass is 14.7. The van der Waals surface area contributed by atoms with Gasteiger partial charge in [0.25, 0.3) is 0 Å². The van der Waals surface area contributed by atoms with Crippen molar-refractivity contribution in [1.82, 2.24) is 0 Å². The quantitative estimate of drug-likeness (QED) is 0.846. The molecule has 0 heterocycles. The van der Waals surface area contributed by atoms with Crippen molar-refractivity contribution in [3.63, 3.8) is 0 Å². The minimum atomic E-state index is -0.441. The van der Waals surface area contributed by atoms with E-state index >= 15 is 0 Å². The van der Waals surface area contributed by atoms with Gasteiger partial charge in [0.2, 0.25) is 0 Å². The SMILES string of the molecule is Cc1cccc(C(C)(N)c2ccc(C)cc2C)c1. The molecular weight excluding hydrogens is 218 g/mol. The van der Waals surface area contributed by atoms with Crippen LogP contribution in [-0.4, -0.2) is 0 Å². The second-order valence-corrected chi connectivity index (χ2v) is 5.39. The lowest BCUT2D eigenvalue weighted by molar-refractivity contribution is 0.598. The van der Waals surface area contributed by atoms with Crippen LogP contribution >= 0.6 is 0 Å². The van der Waals surface area contributed by atoms with E-state index in [0.717, 1.165) is 5.56 Å². The van der Waals surface area contributed by atoms with Gasteiger partial charge in [-0.05, 0) is 44.4 Å². The molecule has 0 radical (unpaired) electrons. The van der Waals surface area contributed by atoms with Gasteiger partial charge in [-0.2, -0.15) is 0 Å². The molecule has 2 N–H and O–H groups in total. The lowest BCUT2D eigenvalue weighted by Gasteiger charge is -2.28. The van der Waals surface area contributed by atoms with E-state index in [-0.39, 0.29) is 0 Å². The largest absolute Gasteiger partial charge is 0.318 e. The van der Waals surface area contributed by atoms with Crippen molar-refractivity contribution < 1.29 is 0 Å². The molecule has 2 aromatic carbocycles. The van der Waals surface area contributed by atoms with Gasteiger partial charge in [-0.1, -0.05) is 53.6 Å². The Hall–Kier alpha value is -1.60. The van der Waals surface area contributed by atoms with Gasteiger partial charge in [-0.15, -0.1) is 0 Å². The van der Waals surface area contributed by atoms with Crippen LogP contribution in [-0.2, 0) is 5.54 Å². The van der Waals surface area contributed by atoms with E-state index < -0.39 is 5.54 Å².